The van der Waals surface area contributed by atoms with Gasteiger partial charge in [0.25, 0.3) is 0 Å². The Labute approximate surface area is 138 Å². The summed E-state index contributed by atoms with van der Waals surface area (Å²) in [6.07, 6.45) is 0.955. The van der Waals surface area contributed by atoms with Crippen molar-refractivity contribution in [3.63, 3.8) is 0 Å². The molecule has 21 heavy (non-hydrogen) atoms. The molecule has 1 heterocycles. The van der Waals surface area contributed by atoms with E-state index in [0.29, 0.717) is 6.04 Å². The molecule has 0 bridgehead atoms. The van der Waals surface area contributed by atoms with Crippen LogP contribution in [0.2, 0.25) is 0 Å². The summed E-state index contributed by atoms with van der Waals surface area (Å²) in [6, 6.07) is 9.26. The van der Waals surface area contributed by atoms with Crippen molar-refractivity contribution in [1.82, 2.24) is 5.32 Å². The second-order valence-corrected chi connectivity index (χ2v) is 7.59. The largest absolute Gasteiger partial charge is 0.313 e. The highest BCUT2D eigenvalue weighted by Gasteiger charge is 2.31. The highest BCUT2D eigenvalue weighted by Crippen LogP contribution is 2.32. The lowest BCUT2D eigenvalue weighted by Gasteiger charge is -2.35. The molecule has 0 saturated carbocycles. The first-order chi connectivity index (χ1) is 9.95. The predicted molar refractivity (Wildman–Crippen MR) is 92.6 cm³/mol. The molecule has 0 aliphatic heterocycles. The summed E-state index contributed by atoms with van der Waals surface area (Å²) in [6.45, 7) is 7.47. The Morgan fingerprint density at radius 3 is 2.43 bits per heavy atom. The molecule has 1 aromatic carbocycles. The zero-order valence-electron chi connectivity index (χ0n) is 12.6. The maximum Gasteiger partial charge on any atom is 0.123 e. The van der Waals surface area contributed by atoms with Crippen LogP contribution in [-0.2, 0) is 11.8 Å². The molecule has 1 aromatic heterocycles. The first kappa shape index (κ1) is 16.7. The van der Waals surface area contributed by atoms with Crippen LogP contribution in [0.4, 0.5) is 4.39 Å². The lowest BCUT2D eigenvalue weighted by atomic mass is 9.76. The molecule has 0 aliphatic carbocycles. The Morgan fingerprint density at radius 1 is 1.24 bits per heavy atom. The van der Waals surface area contributed by atoms with Gasteiger partial charge in [-0.05, 0) is 58.0 Å². The summed E-state index contributed by atoms with van der Waals surface area (Å²) in [4.78, 5) is 1.34. The zero-order chi connectivity index (χ0) is 15.5. The normalized spacial score (nSPS) is 13.4. The molecule has 0 radical (unpaired) electrons. The smallest absolute Gasteiger partial charge is 0.123 e. The molecule has 0 fully saturated rings. The Morgan fingerprint density at radius 2 is 1.90 bits per heavy atom. The van der Waals surface area contributed by atoms with Crippen molar-refractivity contribution in [2.75, 3.05) is 6.54 Å². The molecule has 0 aliphatic rings. The summed E-state index contributed by atoms with van der Waals surface area (Å²) in [5.74, 6) is -0.185. The Kier molecular flexibility index (Phi) is 5.58. The molecule has 4 heteroatoms. The molecule has 2 rings (SSSR count). The monoisotopic (exact) mass is 369 g/mol. The van der Waals surface area contributed by atoms with Crippen LogP contribution in [0.5, 0.6) is 0 Å². The lowest BCUT2D eigenvalue weighted by Crippen LogP contribution is -2.46. The van der Waals surface area contributed by atoms with Crippen LogP contribution in [-0.4, -0.2) is 12.6 Å². The van der Waals surface area contributed by atoms with Crippen LogP contribution in [0.3, 0.4) is 0 Å². The van der Waals surface area contributed by atoms with Crippen LogP contribution in [0.1, 0.15) is 31.2 Å². The fraction of sp³-hybridized carbons (Fsp3) is 0.412. The van der Waals surface area contributed by atoms with Gasteiger partial charge in [-0.1, -0.05) is 32.9 Å². The third-order valence-electron chi connectivity index (χ3n) is 3.99. The highest BCUT2D eigenvalue weighted by atomic mass is 79.9. The van der Waals surface area contributed by atoms with Gasteiger partial charge in [0.05, 0.1) is 0 Å². The average molecular weight is 370 g/mol. The van der Waals surface area contributed by atoms with E-state index in [-0.39, 0.29) is 11.2 Å². The molecule has 0 amide bonds. The van der Waals surface area contributed by atoms with Crippen molar-refractivity contribution in [2.24, 2.45) is 0 Å². The van der Waals surface area contributed by atoms with Gasteiger partial charge >= 0.3 is 0 Å². The SMILES string of the molecule is CCNC(Cc1sccc1Br)C(C)(C)c1ccc(F)cc1. The van der Waals surface area contributed by atoms with Gasteiger partial charge in [0.15, 0.2) is 0 Å². The second-order valence-electron chi connectivity index (χ2n) is 5.73. The molecule has 0 spiro atoms. The predicted octanol–water partition coefficient (Wildman–Crippen LogP) is 5.15. The van der Waals surface area contributed by atoms with Crippen molar-refractivity contribution in [1.29, 1.82) is 0 Å². The van der Waals surface area contributed by atoms with Crippen molar-refractivity contribution >= 4 is 27.3 Å². The third kappa shape index (κ3) is 3.93. The standard InChI is InChI=1S/C17H21BrFNS/c1-4-20-16(11-15-14(18)9-10-21-15)17(2,3)12-5-7-13(19)8-6-12/h5-10,16,20H,4,11H2,1-3H3. The van der Waals surface area contributed by atoms with E-state index in [1.165, 1.54) is 9.35 Å². The minimum absolute atomic E-state index is 0.0762. The molecule has 1 nitrogen and oxygen atoms in total. The Bertz CT molecular complexity index is 577. The lowest BCUT2D eigenvalue weighted by molar-refractivity contribution is 0.343. The summed E-state index contributed by atoms with van der Waals surface area (Å²) in [5, 5.41) is 5.70. The van der Waals surface area contributed by atoms with E-state index in [1.807, 2.05) is 12.1 Å². The molecular formula is C17H21BrFNS. The zero-order valence-corrected chi connectivity index (χ0v) is 15.0. The summed E-state index contributed by atoms with van der Waals surface area (Å²) in [5.41, 5.74) is 1.08. The van der Waals surface area contributed by atoms with Gasteiger partial charge in [0, 0.05) is 20.8 Å². The van der Waals surface area contributed by atoms with Crippen LogP contribution < -0.4 is 5.32 Å². The number of halogens is 2. The van der Waals surface area contributed by atoms with E-state index in [4.69, 9.17) is 0 Å². The molecule has 0 saturated heterocycles. The summed E-state index contributed by atoms with van der Waals surface area (Å²) in [7, 11) is 0. The topological polar surface area (TPSA) is 12.0 Å². The molecule has 1 unspecified atom stereocenters. The van der Waals surface area contributed by atoms with E-state index >= 15 is 0 Å². The number of nitrogens with one attached hydrogen (secondary N) is 1. The number of hydrogen-bond donors (Lipinski definition) is 1. The summed E-state index contributed by atoms with van der Waals surface area (Å²) >= 11 is 5.38. The fourth-order valence-corrected chi connectivity index (χ4v) is 4.13. The first-order valence-corrected chi connectivity index (χ1v) is 8.83. The van der Waals surface area contributed by atoms with Crippen LogP contribution in [0.25, 0.3) is 0 Å². The van der Waals surface area contributed by atoms with Gasteiger partial charge < -0.3 is 5.32 Å². The van der Waals surface area contributed by atoms with Crippen LogP contribution >= 0.6 is 27.3 Å². The molecule has 1 N–H and O–H groups in total. The van der Waals surface area contributed by atoms with E-state index in [2.05, 4.69) is 53.5 Å². The molecular weight excluding hydrogens is 349 g/mol. The molecule has 2 aromatic rings. The van der Waals surface area contributed by atoms with Gasteiger partial charge in [-0.15, -0.1) is 11.3 Å². The van der Waals surface area contributed by atoms with Crippen molar-refractivity contribution in [3.05, 3.63) is 56.4 Å². The van der Waals surface area contributed by atoms with Gasteiger partial charge in [-0.25, -0.2) is 4.39 Å². The molecule has 114 valence electrons. The van der Waals surface area contributed by atoms with E-state index in [9.17, 15) is 4.39 Å². The Balaban J connectivity index is 2.27. The quantitative estimate of drug-likeness (QED) is 0.742. The fourth-order valence-electron chi connectivity index (χ4n) is 2.57. The van der Waals surface area contributed by atoms with Gasteiger partial charge in [-0.3, -0.25) is 0 Å². The minimum atomic E-state index is -0.185. The third-order valence-corrected chi connectivity index (χ3v) is 5.94. The van der Waals surface area contributed by atoms with Gasteiger partial charge in [0.1, 0.15) is 5.82 Å². The number of rotatable bonds is 6. The highest BCUT2D eigenvalue weighted by molar-refractivity contribution is 9.10. The first-order valence-electron chi connectivity index (χ1n) is 7.16. The van der Waals surface area contributed by atoms with Crippen LogP contribution in [0, 0.1) is 5.82 Å². The van der Waals surface area contributed by atoms with Crippen molar-refractivity contribution in [3.8, 4) is 0 Å². The van der Waals surface area contributed by atoms with E-state index in [1.54, 1.807) is 23.5 Å². The summed E-state index contributed by atoms with van der Waals surface area (Å²) < 4.78 is 14.3. The number of thiophene rings is 1. The number of hydrogen-bond acceptors (Lipinski definition) is 2. The van der Waals surface area contributed by atoms with E-state index in [0.717, 1.165) is 18.5 Å². The number of likely N-dealkylation sites (N-methyl/N-ethyl adjacent to an activating group) is 1. The van der Waals surface area contributed by atoms with Crippen molar-refractivity contribution < 1.29 is 4.39 Å². The maximum absolute atomic E-state index is 13.2. The number of benzene rings is 1. The van der Waals surface area contributed by atoms with Crippen molar-refractivity contribution in [2.45, 2.75) is 38.6 Å². The van der Waals surface area contributed by atoms with E-state index < -0.39 is 0 Å². The average Bonchev–Trinajstić information content (AvgIpc) is 2.84. The minimum Gasteiger partial charge on any atom is -0.313 e. The second kappa shape index (κ2) is 7.03. The molecule has 1 atom stereocenters. The van der Waals surface area contributed by atoms with Crippen LogP contribution in [0.15, 0.2) is 40.2 Å². The maximum atomic E-state index is 13.2. The van der Waals surface area contributed by atoms with Gasteiger partial charge in [0.2, 0.25) is 0 Å². The van der Waals surface area contributed by atoms with Gasteiger partial charge in [-0.2, -0.15) is 0 Å². The Hall–Kier alpha value is -0.710.